The van der Waals surface area contributed by atoms with Crippen molar-refractivity contribution in [2.24, 2.45) is 0 Å². The van der Waals surface area contributed by atoms with E-state index in [9.17, 15) is 14.4 Å². The molecule has 2 aliphatic rings. The molecule has 1 N–H and O–H groups in total. The number of ether oxygens (including phenoxy) is 1. The summed E-state index contributed by atoms with van der Waals surface area (Å²) in [7, 11) is 1.58. The lowest BCUT2D eigenvalue weighted by Crippen LogP contribution is -2.49. The summed E-state index contributed by atoms with van der Waals surface area (Å²) in [6, 6.07) is 9.18. The molecule has 1 heterocycles. The fourth-order valence-corrected chi connectivity index (χ4v) is 3.85. The molecular formula is C20H27N3O4. The zero-order valence-electron chi connectivity index (χ0n) is 15.8. The number of benzene rings is 1. The Labute approximate surface area is 159 Å². The zero-order valence-corrected chi connectivity index (χ0v) is 15.8. The van der Waals surface area contributed by atoms with Gasteiger partial charge in [-0.2, -0.15) is 0 Å². The van der Waals surface area contributed by atoms with Crippen molar-refractivity contribution in [3.63, 3.8) is 0 Å². The fraction of sp³-hybridized carbons (Fsp3) is 0.550. The Morgan fingerprint density at radius 2 is 1.89 bits per heavy atom. The van der Waals surface area contributed by atoms with Crippen LogP contribution in [0, 0.1) is 0 Å². The number of carbonyl (C=O) groups excluding carboxylic acids is 3. The summed E-state index contributed by atoms with van der Waals surface area (Å²) >= 11 is 0. The SMILES string of the molecule is COCCN(Cc1ccccc1)C(=O)CN1C(=O)NC2(CCCCC2)C1=O. The highest BCUT2D eigenvalue weighted by molar-refractivity contribution is 6.09. The third-order valence-electron chi connectivity index (χ3n) is 5.38. The summed E-state index contributed by atoms with van der Waals surface area (Å²) in [5.74, 6) is -0.515. The summed E-state index contributed by atoms with van der Waals surface area (Å²) in [5.41, 5.74) is 0.190. The van der Waals surface area contributed by atoms with Gasteiger partial charge >= 0.3 is 6.03 Å². The average molecular weight is 373 g/mol. The average Bonchev–Trinajstić information content (AvgIpc) is 2.90. The van der Waals surface area contributed by atoms with Crippen LogP contribution in [0.1, 0.15) is 37.7 Å². The number of imide groups is 1. The van der Waals surface area contributed by atoms with Crippen LogP contribution in [0.3, 0.4) is 0 Å². The van der Waals surface area contributed by atoms with Crippen molar-refractivity contribution in [2.45, 2.75) is 44.2 Å². The van der Waals surface area contributed by atoms with E-state index in [2.05, 4.69) is 5.32 Å². The number of methoxy groups -OCH3 is 1. The highest BCUT2D eigenvalue weighted by Gasteiger charge is 2.51. The highest BCUT2D eigenvalue weighted by Crippen LogP contribution is 2.33. The number of hydrogen-bond donors (Lipinski definition) is 1. The van der Waals surface area contributed by atoms with Crippen molar-refractivity contribution in [1.29, 1.82) is 0 Å². The highest BCUT2D eigenvalue weighted by atomic mass is 16.5. The number of urea groups is 1. The lowest BCUT2D eigenvalue weighted by atomic mass is 9.82. The van der Waals surface area contributed by atoms with Gasteiger partial charge in [0.15, 0.2) is 0 Å². The first kappa shape index (κ1) is 19.4. The molecule has 27 heavy (non-hydrogen) atoms. The van der Waals surface area contributed by atoms with E-state index in [-0.39, 0.29) is 18.4 Å². The van der Waals surface area contributed by atoms with Gasteiger partial charge in [0.2, 0.25) is 5.91 Å². The van der Waals surface area contributed by atoms with Crippen molar-refractivity contribution < 1.29 is 19.1 Å². The Hall–Kier alpha value is -2.41. The van der Waals surface area contributed by atoms with Crippen molar-refractivity contribution in [1.82, 2.24) is 15.1 Å². The molecule has 7 nitrogen and oxygen atoms in total. The molecule has 4 amide bonds. The maximum Gasteiger partial charge on any atom is 0.325 e. The molecule has 146 valence electrons. The summed E-state index contributed by atoms with van der Waals surface area (Å²) in [5, 5.41) is 2.85. The number of rotatable bonds is 7. The molecule has 1 aliphatic heterocycles. The van der Waals surface area contributed by atoms with Crippen LogP contribution >= 0.6 is 0 Å². The van der Waals surface area contributed by atoms with E-state index in [0.717, 1.165) is 29.7 Å². The summed E-state index contributed by atoms with van der Waals surface area (Å²) in [6.07, 6.45) is 4.22. The van der Waals surface area contributed by atoms with Gasteiger partial charge in [0.05, 0.1) is 6.61 Å². The van der Waals surface area contributed by atoms with Crippen molar-refractivity contribution in [2.75, 3.05) is 26.8 Å². The molecular weight excluding hydrogens is 346 g/mol. The van der Waals surface area contributed by atoms with Crippen molar-refractivity contribution >= 4 is 17.8 Å². The first-order valence-electron chi connectivity index (χ1n) is 9.50. The maximum atomic E-state index is 12.9. The Morgan fingerprint density at radius 1 is 1.19 bits per heavy atom. The van der Waals surface area contributed by atoms with Gasteiger partial charge in [-0.15, -0.1) is 0 Å². The van der Waals surface area contributed by atoms with Crippen molar-refractivity contribution in [3.8, 4) is 0 Å². The van der Waals surface area contributed by atoms with Crippen LogP contribution in [0.2, 0.25) is 0 Å². The van der Waals surface area contributed by atoms with Crippen LogP contribution in [0.5, 0.6) is 0 Å². The minimum Gasteiger partial charge on any atom is -0.383 e. The Balaban J connectivity index is 1.68. The first-order chi connectivity index (χ1) is 13.1. The van der Waals surface area contributed by atoms with E-state index in [1.807, 2.05) is 30.3 Å². The van der Waals surface area contributed by atoms with Gasteiger partial charge in [0.25, 0.3) is 5.91 Å². The molecule has 1 saturated carbocycles. The number of hydrogen-bond acceptors (Lipinski definition) is 4. The predicted molar refractivity (Wildman–Crippen MR) is 99.8 cm³/mol. The third kappa shape index (κ3) is 4.30. The second kappa shape index (κ2) is 8.52. The molecule has 1 aromatic carbocycles. The molecule has 0 unspecified atom stereocenters. The number of carbonyl (C=O) groups is 3. The van der Waals surface area contributed by atoms with Crippen LogP contribution in [-0.4, -0.2) is 60.0 Å². The van der Waals surface area contributed by atoms with E-state index in [0.29, 0.717) is 32.5 Å². The zero-order chi connectivity index (χ0) is 19.3. The van der Waals surface area contributed by atoms with Gasteiger partial charge in [0.1, 0.15) is 12.1 Å². The topological polar surface area (TPSA) is 79.0 Å². The standard InChI is InChI=1S/C20H27N3O4/c1-27-13-12-22(14-16-8-4-2-5-9-16)17(24)15-23-18(25)20(21-19(23)26)10-6-3-7-11-20/h2,4-5,8-9H,3,6-7,10-15H2,1H3,(H,21,26). The molecule has 3 rings (SSSR count). The van der Waals surface area contributed by atoms with Crippen LogP contribution < -0.4 is 5.32 Å². The van der Waals surface area contributed by atoms with Gasteiger partial charge in [-0.25, -0.2) is 4.79 Å². The smallest absolute Gasteiger partial charge is 0.325 e. The van der Waals surface area contributed by atoms with Gasteiger partial charge in [0, 0.05) is 20.2 Å². The maximum absolute atomic E-state index is 12.9. The Morgan fingerprint density at radius 3 is 2.56 bits per heavy atom. The second-order valence-electron chi connectivity index (χ2n) is 7.26. The largest absolute Gasteiger partial charge is 0.383 e. The lowest BCUT2D eigenvalue weighted by Gasteiger charge is -2.30. The van der Waals surface area contributed by atoms with E-state index in [1.54, 1.807) is 12.0 Å². The molecule has 1 saturated heterocycles. The molecule has 0 bridgehead atoms. The third-order valence-corrected chi connectivity index (χ3v) is 5.38. The predicted octanol–water partition coefficient (Wildman–Crippen LogP) is 1.92. The monoisotopic (exact) mass is 373 g/mol. The summed E-state index contributed by atoms with van der Waals surface area (Å²) in [4.78, 5) is 40.8. The number of nitrogens with zero attached hydrogens (tertiary/aromatic N) is 2. The minimum absolute atomic E-state index is 0.233. The number of nitrogens with one attached hydrogen (secondary N) is 1. The van der Waals surface area contributed by atoms with Crippen molar-refractivity contribution in [3.05, 3.63) is 35.9 Å². The molecule has 1 aromatic rings. The molecule has 0 aromatic heterocycles. The van der Waals surface area contributed by atoms with E-state index < -0.39 is 11.6 Å². The quantitative estimate of drug-likeness (QED) is 0.741. The van der Waals surface area contributed by atoms with E-state index >= 15 is 0 Å². The van der Waals surface area contributed by atoms with Crippen LogP contribution in [0.15, 0.2) is 30.3 Å². The Bertz CT molecular complexity index is 686. The van der Waals surface area contributed by atoms with Crippen LogP contribution in [0.25, 0.3) is 0 Å². The van der Waals surface area contributed by atoms with Crippen LogP contribution in [0.4, 0.5) is 4.79 Å². The second-order valence-corrected chi connectivity index (χ2v) is 7.26. The fourth-order valence-electron chi connectivity index (χ4n) is 3.85. The summed E-state index contributed by atoms with van der Waals surface area (Å²) in [6.45, 7) is 0.975. The molecule has 0 radical (unpaired) electrons. The van der Waals surface area contributed by atoms with E-state index in [1.165, 1.54) is 0 Å². The van der Waals surface area contributed by atoms with Gasteiger partial charge in [-0.1, -0.05) is 49.6 Å². The van der Waals surface area contributed by atoms with Crippen LogP contribution in [-0.2, 0) is 20.9 Å². The normalized spacial score (nSPS) is 18.6. The Kier molecular flexibility index (Phi) is 6.11. The molecule has 1 spiro atoms. The molecule has 0 atom stereocenters. The van der Waals surface area contributed by atoms with Gasteiger partial charge in [-0.05, 0) is 18.4 Å². The van der Waals surface area contributed by atoms with E-state index in [4.69, 9.17) is 4.74 Å². The lowest BCUT2D eigenvalue weighted by molar-refractivity contribution is -0.140. The molecule has 7 heteroatoms. The molecule has 2 fully saturated rings. The minimum atomic E-state index is -0.799. The van der Waals surface area contributed by atoms with Gasteiger partial charge < -0.3 is 15.0 Å². The first-order valence-corrected chi connectivity index (χ1v) is 9.50. The number of amides is 4. The van der Waals surface area contributed by atoms with Gasteiger partial charge in [-0.3, -0.25) is 14.5 Å². The molecule has 1 aliphatic carbocycles. The summed E-state index contributed by atoms with van der Waals surface area (Å²) < 4.78 is 5.11.